The summed E-state index contributed by atoms with van der Waals surface area (Å²) in [5.74, 6) is 0.677. The predicted octanol–water partition coefficient (Wildman–Crippen LogP) is 1.71. The van der Waals surface area contributed by atoms with Gasteiger partial charge in [-0.25, -0.2) is 0 Å². The molecule has 0 aromatic carbocycles. The van der Waals surface area contributed by atoms with E-state index in [0.717, 1.165) is 6.42 Å². The van der Waals surface area contributed by atoms with Gasteiger partial charge in [-0.1, -0.05) is 12.2 Å². The van der Waals surface area contributed by atoms with Gasteiger partial charge in [-0.15, -0.1) is 6.58 Å². The highest BCUT2D eigenvalue weighted by atomic mass is 16.1. The third kappa shape index (κ3) is 1.53. The summed E-state index contributed by atoms with van der Waals surface area (Å²) in [5, 5.41) is 0. The van der Waals surface area contributed by atoms with Crippen molar-refractivity contribution in [2.75, 3.05) is 0 Å². The zero-order valence-electron chi connectivity index (χ0n) is 5.34. The van der Waals surface area contributed by atoms with Crippen molar-refractivity contribution in [3.63, 3.8) is 0 Å². The predicted molar refractivity (Wildman–Crippen MR) is 37.1 cm³/mol. The van der Waals surface area contributed by atoms with Crippen LogP contribution in [-0.4, -0.2) is 5.78 Å². The highest BCUT2D eigenvalue weighted by molar-refractivity contribution is 5.90. The summed E-state index contributed by atoms with van der Waals surface area (Å²) in [5.41, 5.74) is 0. The Morgan fingerprint density at radius 1 is 1.78 bits per heavy atom. The van der Waals surface area contributed by atoms with E-state index >= 15 is 0 Å². The summed E-state index contributed by atoms with van der Waals surface area (Å²) in [6.45, 7) is 3.65. The lowest BCUT2D eigenvalue weighted by atomic mass is 9.96. The summed E-state index contributed by atoms with van der Waals surface area (Å²) < 4.78 is 0. The first-order valence-corrected chi connectivity index (χ1v) is 3.16. The largest absolute Gasteiger partial charge is 0.295 e. The Bertz CT molecular complexity index is 156. The van der Waals surface area contributed by atoms with Crippen LogP contribution in [0.2, 0.25) is 0 Å². The maximum absolute atomic E-state index is 10.6. The monoisotopic (exact) mass is 122 g/mol. The van der Waals surface area contributed by atoms with E-state index in [1.165, 1.54) is 0 Å². The fourth-order valence-electron chi connectivity index (χ4n) is 0.916. The zero-order valence-corrected chi connectivity index (χ0v) is 5.34. The Morgan fingerprint density at radius 3 is 3.00 bits per heavy atom. The molecule has 0 radical (unpaired) electrons. The van der Waals surface area contributed by atoms with Crippen molar-refractivity contribution in [1.82, 2.24) is 0 Å². The molecule has 0 N–H and O–H groups in total. The van der Waals surface area contributed by atoms with Crippen LogP contribution in [0.25, 0.3) is 0 Å². The molecule has 0 amide bonds. The molecule has 0 heterocycles. The Labute approximate surface area is 55.1 Å². The summed E-state index contributed by atoms with van der Waals surface area (Å²) in [6.07, 6.45) is 7.07. The summed E-state index contributed by atoms with van der Waals surface area (Å²) in [7, 11) is 0. The molecule has 1 aliphatic rings. The van der Waals surface area contributed by atoms with Gasteiger partial charge < -0.3 is 0 Å². The number of hydrogen-bond acceptors (Lipinski definition) is 1. The van der Waals surface area contributed by atoms with Gasteiger partial charge in [0, 0.05) is 6.42 Å². The van der Waals surface area contributed by atoms with E-state index < -0.39 is 0 Å². The molecule has 0 aromatic heterocycles. The minimum Gasteiger partial charge on any atom is -0.295 e. The number of rotatable bonds is 1. The van der Waals surface area contributed by atoms with Gasteiger partial charge in [0.05, 0.1) is 0 Å². The molecule has 48 valence electrons. The molecule has 0 bridgehead atoms. The molecule has 1 heteroatoms. The minimum absolute atomic E-state index is 0.244. The Hall–Kier alpha value is -0.850. The number of hydrogen-bond donors (Lipinski definition) is 0. The van der Waals surface area contributed by atoms with E-state index in [1.807, 2.05) is 12.2 Å². The molecule has 0 saturated heterocycles. The average Bonchev–Trinajstić information content (AvgIpc) is 1.90. The van der Waals surface area contributed by atoms with Crippen LogP contribution in [0.4, 0.5) is 0 Å². The molecule has 0 aliphatic heterocycles. The second-order valence-electron chi connectivity index (χ2n) is 2.26. The highest BCUT2D eigenvalue weighted by Crippen LogP contribution is 2.14. The Kier molecular flexibility index (Phi) is 1.83. The van der Waals surface area contributed by atoms with Crippen molar-refractivity contribution in [2.24, 2.45) is 5.92 Å². The number of carbonyl (C=O) groups is 1. The average molecular weight is 122 g/mol. The van der Waals surface area contributed by atoms with Gasteiger partial charge in [0.2, 0.25) is 0 Å². The van der Waals surface area contributed by atoms with Crippen molar-refractivity contribution < 1.29 is 4.79 Å². The maximum Gasteiger partial charge on any atom is 0.155 e. The van der Waals surface area contributed by atoms with Crippen LogP contribution in [0.3, 0.4) is 0 Å². The van der Waals surface area contributed by atoms with E-state index in [0.29, 0.717) is 12.3 Å². The second kappa shape index (κ2) is 2.62. The van der Waals surface area contributed by atoms with Crippen molar-refractivity contribution in [2.45, 2.75) is 12.8 Å². The maximum atomic E-state index is 10.6. The first-order chi connectivity index (χ1) is 4.33. The van der Waals surface area contributed by atoms with Crippen LogP contribution < -0.4 is 0 Å². The van der Waals surface area contributed by atoms with Gasteiger partial charge in [-0.05, 0) is 18.4 Å². The van der Waals surface area contributed by atoms with E-state index in [2.05, 4.69) is 6.58 Å². The Balaban J connectivity index is 2.57. The van der Waals surface area contributed by atoms with Crippen LogP contribution in [0.5, 0.6) is 0 Å². The summed E-state index contributed by atoms with van der Waals surface area (Å²) in [4.78, 5) is 10.6. The van der Waals surface area contributed by atoms with Crippen LogP contribution in [0.1, 0.15) is 12.8 Å². The third-order valence-corrected chi connectivity index (χ3v) is 1.56. The summed E-state index contributed by atoms with van der Waals surface area (Å²) >= 11 is 0. The smallest absolute Gasteiger partial charge is 0.155 e. The lowest BCUT2D eigenvalue weighted by molar-refractivity contribution is -0.115. The molecule has 1 rings (SSSR count). The molecule has 0 fully saturated rings. The van der Waals surface area contributed by atoms with Crippen LogP contribution in [-0.2, 0) is 4.79 Å². The third-order valence-electron chi connectivity index (χ3n) is 1.56. The van der Waals surface area contributed by atoms with Crippen LogP contribution in [0, 0.1) is 5.92 Å². The fraction of sp³-hybridized carbons (Fsp3) is 0.375. The molecule has 1 atom stereocenters. The van der Waals surface area contributed by atoms with Gasteiger partial charge in [-0.3, -0.25) is 4.79 Å². The zero-order chi connectivity index (χ0) is 6.69. The normalized spacial score (nSPS) is 26.2. The van der Waals surface area contributed by atoms with Gasteiger partial charge in [0.25, 0.3) is 0 Å². The molecule has 0 spiro atoms. The molecule has 1 aliphatic carbocycles. The van der Waals surface area contributed by atoms with Gasteiger partial charge in [0.1, 0.15) is 0 Å². The Morgan fingerprint density at radius 2 is 2.56 bits per heavy atom. The van der Waals surface area contributed by atoms with Gasteiger partial charge >= 0.3 is 0 Å². The topological polar surface area (TPSA) is 17.1 Å². The summed E-state index contributed by atoms with van der Waals surface area (Å²) in [6, 6.07) is 0. The first-order valence-electron chi connectivity index (χ1n) is 3.16. The van der Waals surface area contributed by atoms with Crippen molar-refractivity contribution in [3.05, 3.63) is 24.8 Å². The van der Waals surface area contributed by atoms with Crippen molar-refractivity contribution >= 4 is 5.78 Å². The van der Waals surface area contributed by atoms with E-state index in [1.54, 1.807) is 6.08 Å². The lowest BCUT2D eigenvalue weighted by Gasteiger charge is -2.09. The minimum atomic E-state index is 0.244. The van der Waals surface area contributed by atoms with Gasteiger partial charge in [0.15, 0.2) is 5.78 Å². The van der Waals surface area contributed by atoms with E-state index in [-0.39, 0.29) is 5.78 Å². The first kappa shape index (κ1) is 6.27. The van der Waals surface area contributed by atoms with Gasteiger partial charge in [-0.2, -0.15) is 0 Å². The molecule has 0 unspecified atom stereocenters. The lowest BCUT2D eigenvalue weighted by Crippen LogP contribution is -2.04. The molecule has 1 nitrogen and oxygen atoms in total. The van der Waals surface area contributed by atoms with E-state index in [4.69, 9.17) is 0 Å². The molecular weight excluding hydrogens is 112 g/mol. The second-order valence-corrected chi connectivity index (χ2v) is 2.26. The SMILES string of the molecule is C=C[C@@H]1C=CC(=O)CC1. The van der Waals surface area contributed by atoms with Crippen LogP contribution >= 0.6 is 0 Å². The standard InChI is InChI=1S/C8H10O/c1-2-7-3-5-8(9)6-4-7/h2-3,5,7H,1,4,6H2/t7-/m1/s1. The molecule has 0 aromatic rings. The van der Waals surface area contributed by atoms with Crippen LogP contribution in [0.15, 0.2) is 24.8 Å². The highest BCUT2D eigenvalue weighted by Gasteiger charge is 2.08. The number of allylic oxidation sites excluding steroid dienone is 3. The number of ketones is 1. The van der Waals surface area contributed by atoms with E-state index in [9.17, 15) is 4.79 Å². The fourth-order valence-corrected chi connectivity index (χ4v) is 0.916. The molecule has 9 heavy (non-hydrogen) atoms. The van der Waals surface area contributed by atoms with Crippen molar-refractivity contribution in [3.8, 4) is 0 Å². The molecular formula is C8H10O. The molecule has 0 saturated carbocycles. The number of carbonyl (C=O) groups excluding carboxylic acids is 1. The van der Waals surface area contributed by atoms with Crippen molar-refractivity contribution in [1.29, 1.82) is 0 Å². The quantitative estimate of drug-likeness (QED) is 0.484.